The number of halogens is 1. The largest absolute Gasteiger partial charge is 0.495 e. The van der Waals surface area contributed by atoms with E-state index in [1.807, 2.05) is 0 Å². The maximum absolute atomic E-state index is 6.00. The number of nitrogens with zero attached hydrogens (tertiary/aromatic N) is 2. The molecule has 2 aromatic rings. The number of benzene rings is 1. The molecule has 0 spiro atoms. The van der Waals surface area contributed by atoms with Gasteiger partial charge in [-0.1, -0.05) is 18.5 Å². The van der Waals surface area contributed by atoms with Crippen LogP contribution < -0.4 is 15.8 Å². The first-order valence-corrected chi connectivity index (χ1v) is 6.74. The van der Waals surface area contributed by atoms with E-state index in [-0.39, 0.29) is 0 Å². The van der Waals surface area contributed by atoms with Gasteiger partial charge in [0, 0.05) is 17.5 Å². The van der Waals surface area contributed by atoms with Crippen LogP contribution in [0.15, 0.2) is 24.3 Å². The third kappa shape index (κ3) is 3.51. The predicted molar refractivity (Wildman–Crippen MR) is 81.7 cm³/mol. The number of hydrogen-bond acceptors (Lipinski definition) is 5. The number of aryl methyl sites for hydroxylation is 1. The van der Waals surface area contributed by atoms with Gasteiger partial charge in [0.2, 0.25) is 0 Å². The summed E-state index contributed by atoms with van der Waals surface area (Å²) in [7, 11) is 1.60. The Balaban J connectivity index is 2.31. The van der Waals surface area contributed by atoms with Gasteiger partial charge in [-0.05, 0) is 24.6 Å². The van der Waals surface area contributed by atoms with E-state index in [1.54, 1.807) is 31.4 Å². The molecule has 0 amide bonds. The standard InChI is InChI=1S/C14H17ClN4O/c1-3-4-13-18-12(16)8-14(19-13)17-10-7-9(15)5-6-11(10)20-2/h5-8H,3-4H2,1-2H3,(H3,16,17,18,19). The molecule has 0 atom stereocenters. The normalized spacial score (nSPS) is 10.3. The monoisotopic (exact) mass is 292 g/mol. The van der Waals surface area contributed by atoms with Crippen molar-refractivity contribution in [3.63, 3.8) is 0 Å². The first-order chi connectivity index (χ1) is 9.62. The third-order valence-electron chi connectivity index (χ3n) is 2.69. The first-order valence-electron chi connectivity index (χ1n) is 6.36. The number of aromatic nitrogens is 2. The van der Waals surface area contributed by atoms with Crippen molar-refractivity contribution < 1.29 is 4.74 Å². The van der Waals surface area contributed by atoms with E-state index >= 15 is 0 Å². The van der Waals surface area contributed by atoms with E-state index in [1.165, 1.54) is 0 Å². The van der Waals surface area contributed by atoms with Crippen LogP contribution in [0.4, 0.5) is 17.3 Å². The topological polar surface area (TPSA) is 73.1 Å². The molecule has 0 radical (unpaired) electrons. The average Bonchev–Trinajstić information content (AvgIpc) is 2.38. The van der Waals surface area contributed by atoms with Gasteiger partial charge in [-0.15, -0.1) is 0 Å². The van der Waals surface area contributed by atoms with E-state index in [2.05, 4.69) is 22.2 Å². The molecule has 0 unspecified atom stereocenters. The lowest BCUT2D eigenvalue weighted by Crippen LogP contribution is -2.04. The fourth-order valence-electron chi connectivity index (χ4n) is 1.83. The summed E-state index contributed by atoms with van der Waals surface area (Å²) in [6.07, 6.45) is 1.75. The van der Waals surface area contributed by atoms with E-state index in [4.69, 9.17) is 22.1 Å². The Morgan fingerprint density at radius 2 is 2.10 bits per heavy atom. The molecule has 1 aromatic carbocycles. The zero-order valence-electron chi connectivity index (χ0n) is 11.5. The van der Waals surface area contributed by atoms with Gasteiger partial charge >= 0.3 is 0 Å². The summed E-state index contributed by atoms with van der Waals surface area (Å²) in [6.45, 7) is 2.07. The minimum absolute atomic E-state index is 0.437. The maximum Gasteiger partial charge on any atom is 0.142 e. The summed E-state index contributed by atoms with van der Waals surface area (Å²) in [5.41, 5.74) is 6.53. The molecule has 20 heavy (non-hydrogen) atoms. The lowest BCUT2D eigenvalue weighted by atomic mass is 10.3. The van der Waals surface area contributed by atoms with Gasteiger partial charge < -0.3 is 15.8 Å². The fraction of sp³-hybridized carbons (Fsp3) is 0.286. The SMILES string of the molecule is CCCc1nc(N)cc(Nc2cc(Cl)ccc2OC)n1. The highest BCUT2D eigenvalue weighted by Gasteiger charge is 2.07. The number of methoxy groups -OCH3 is 1. The number of nitrogen functional groups attached to an aromatic ring is 1. The Morgan fingerprint density at radius 1 is 1.30 bits per heavy atom. The quantitative estimate of drug-likeness (QED) is 0.883. The van der Waals surface area contributed by atoms with Gasteiger partial charge in [-0.2, -0.15) is 0 Å². The van der Waals surface area contributed by atoms with Crippen LogP contribution in [0.5, 0.6) is 5.75 Å². The number of anilines is 3. The van der Waals surface area contributed by atoms with Crippen molar-refractivity contribution in [1.82, 2.24) is 9.97 Å². The molecule has 0 aliphatic carbocycles. The minimum atomic E-state index is 0.437. The molecule has 1 heterocycles. The lowest BCUT2D eigenvalue weighted by Gasteiger charge is -2.12. The van der Waals surface area contributed by atoms with E-state index in [9.17, 15) is 0 Å². The van der Waals surface area contributed by atoms with Crippen LogP contribution in [0, 0.1) is 0 Å². The lowest BCUT2D eigenvalue weighted by molar-refractivity contribution is 0.417. The summed E-state index contributed by atoms with van der Waals surface area (Å²) in [5.74, 6) is 2.47. The fourth-order valence-corrected chi connectivity index (χ4v) is 2.01. The molecule has 0 aliphatic heterocycles. The van der Waals surface area contributed by atoms with Crippen molar-refractivity contribution in [3.8, 4) is 5.75 Å². The van der Waals surface area contributed by atoms with Crippen LogP contribution in [0.2, 0.25) is 5.02 Å². The zero-order valence-corrected chi connectivity index (χ0v) is 12.2. The minimum Gasteiger partial charge on any atom is -0.495 e. The number of nitrogens with two attached hydrogens (primary N) is 1. The molecule has 0 saturated carbocycles. The van der Waals surface area contributed by atoms with Crippen LogP contribution in [-0.2, 0) is 6.42 Å². The molecule has 3 N–H and O–H groups in total. The van der Waals surface area contributed by atoms with Crippen molar-refractivity contribution in [3.05, 3.63) is 35.1 Å². The Bertz CT molecular complexity index is 604. The molecule has 106 valence electrons. The van der Waals surface area contributed by atoms with Gasteiger partial charge in [0.05, 0.1) is 12.8 Å². The second kappa shape index (κ2) is 6.43. The number of nitrogens with one attached hydrogen (secondary N) is 1. The van der Waals surface area contributed by atoms with Crippen molar-refractivity contribution in [1.29, 1.82) is 0 Å². The molecule has 6 heteroatoms. The van der Waals surface area contributed by atoms with Crippen molar-refractivity contribution in [2.45, 2.75) is 19.8 Å². The molecule has 0 bridgehead atoms. The van der Waals surface area contributed by atoms with Crippen LogP contribution in [0.25, 0.3) is 0 Å². The van der Waals surface area contributed by atoms with E-state index < -0.39 is 0 Å². The van der Waals surface area contributed by atoms with Gasteiger partial charge in [0.15, 0.2) is 0 Å². The van der Waals surface area contributed by atoms with Gasteiger partial charge in [0.25, 0.3) is 0 Å². The third-order valence-corrected chi connectivity index (χ3v) is 2.93. The zero-order chi connectivity index (χ0) is 14.5. The van der Waals surface area contributed by atoms with Gasteiger partial charge in [0.1, 0.15) is 23.2 Å². The maximum atomic E-state index is 6.00. The van der Waals surface area contributed by atoms with E-state index in [0.717, 1.165) is 24.4 Å². The van der Waals surface area contributed by atoms with Gasteiger partial charge in [-0.25, -0.2) is 9.97 Å². The summed E-state index contributed by atoms with van der Waals surface area (Å²) in [4.78, 5) is 8.62. The average molecular weight is 293 g/mol. The van der Waals surface area contributed by atoms with Crippen molar-refractivity contribution in [2.24, 2.45) is 0 Å². The van der Waals surface area contributed by atoms with Gasteiger partial charge in [-0.3, -0.25) is 0 Å². The molecule has 2 rings (SSSR count). The predicted octanol–water partition coefficient (Wildman–Crippen LogP) is 3.42. The molecular formula is C14H17ClN4O. The number of rotatable bonds is 5. The molecule has 5 nitrogen and oxygen atoms in total. The smallest absolute Gasteiger partial charge is 0.142 e. The Hall–Kier alpha value is -2.01. The highest BCUT2D eigenvalue weighted by atomic mass is 35.5. The van der Waals surface area contributed by atoms with Crippen LogP contribution in [0.1, 0.15) is 19.2 Å². The highest BCUT2D eigenvalue weighted by molar-refractivity contribution is 6.31. The number of ether oxygens (including phenoxy) is 1. The summed E-state index contributed by atoms with van der Waals surface area (Å²) in [6, 6.07) is 7.02. The molecular weight excluding hydrogens is 276 g/mol. The van der Waals surface area contributed by atoms with Crippen molar-refractivity contribution >= 4 is 28.9 Å². The molecule has 0 saturated heterocycles. The van der Waals surface area contributed by atoms with Crippen LogP contribution in [0.3, 0.4) is 0 Å². The molecule has 0 fully saturated rings. The summed E-state index contributed by atoms with van der Waals surface area (Å²) >= 11 is 6.00. The Kier molecular flexibility index (Phi) is 4.63. The second-order valence-corrected chi connectivity index (χ2v) is 4.75. The number of hydrogen-bond donors (Lipinski definition) is 2. The van der Waals surface area contributed by atoms with Crippen molar-refractivity contribution in [2.75, 3.05) is 18.2 Å². The molecule has 1 aromatic heterocycles. The van der Waals surface area contributed by atoms with E-state index in [0.29, 0.717) is 22.4 Å². The second-order valence-electron chi connectivity index (χ2n) is 4.31. The summed E-state index contributed by atoms with van der Waals surface area (Å²) in [5, 5.41) is 3.78. The molecule has 0 aliphatic rings. The highest BCUT2D eigenvalue weighted by Crippen LogP contribution is 2.30. The van der Waals surface area contributed by atoms with Crippen LogP contribution in [-0.4, -0.2) is 17.1 Å². The first kappa shape index (κ1) is 14.4. The van der Waals surface area contributed by atoms with Crippen LogP contribution >= 0.6 is 11.6 Å². The summed E-state index contributed by atoms with van der Waals surface area (Å²) < 4.78 is 5.28. The Morgan fingerprint density at radius 3 is 2.80 bits per heavy atom. The Labute approximate surface area is 123 Å².